The fraction of sp³-hybridized carbons (Fsp3) is 0.318. The topological polar surface area (TPSA) is 95.9 Å². The molecule has 2 aromatic rings. The third-order valence-electron chi connectivity index (χ3n) is 5.11. The average molecular weight is 396 g/mol. The molecular formula is C22H24N2O5. The number of amides is 3. The number of urea groups is 1. The summed E-state index contributed by atoms with van der Waals surface area (Å²) in [5.41, 5.74) is 0.243. The highest BCUT2D eigenvalue weighted by molar-refractivity contribution is 6.03. The summed E-state index contributed by atoms with van der Waals surface area (Å²) >= 11 is 0. The first-order valence-corrected chi connectivity index (χ1v) is 9.52. The van der Waals surface area contributed by atoms with Crippen molar-refractivity contribution in [2.24, 2.45) is 5.41 Å². The number of nitrogens with one attached hydrogen (secondary N) is 1. The van der Waals surface area contributed by atoms with Crippen LogP contribution < -0.4 is 10.1 Å². The van der Waals surface area contributed by atoms with Gasteiger partial charge in [0.25, 0.3) is 0 Å². The van der Waals surface area contributed by atoms with Gasteiger partial charge in [-0.2, -0.15) is 0 Å². The number of rotatable bonds is 7. The predicted octanol–water partition coefficient (Wildman–Crippen LogP) is 3.65. The van der Waals surface area contributed by atoms with E-state index in [1.165, 1.54) is 24.3 Å². The van der Waals surface area contributed by atoms with Gasteiger partial charge in [0, 0.05) is 6.54 Å². The molecule has 1 heterocycles. The third kappa shape index (κ3) is 4.08. The van der Waals surface area contributed by atoms with Crippen LogP contribution in [0.5, 0.6) is 5.75 Å². The number of benzene rings is 2. The van der Waals surface area contributed by atoms with E-state index >= 15 is 0 Å². The van der Waals surface area contributed by atoms with Crippen molar-refractivity contribution >= 4 is 17.9 Å². The summed E-state index contributed by atoms with van der Waals surface area (Å²) in [6.07, 6.45) is 0.576. The van der Waals surface area contributed by atoms with E-state index in [-0.39, 0.29) is 11.5 Å². The maximum absolute atomic E-state index is 12.8. The molecule has 7 heteroatoms. The number of carbonyl (C=O) groups excluding carboxylic acids is 2. The summed E-state index contributed by atoms with van der Waals surface area (Å²) in [5, 5.41) is 11.8. The molecule has 3 amide bonds. The van der Waals surface area contributed by atoms with Gasteiger partial charge in [-0.1, -0.05) is 43.7 Å². The Hall–Kier alpha value is -3.35. The van der Waals surface area contributed by atoms with Crippen LogP contribution in [0.1, 0.15) is 42.6 Å². The highest BCUT2D eigenvalue weighted by Gasteiger charge is 2.61. The molecule has 0 radical (unpaired) electrons. The Labute approximate surface area is 169 Å². The third-order valence-corrected chi connectivity index (χ3v) is 5.11. The van der Waals surface area contributed by atoms with Gasteiger partial charge < -0.3 is 15.2 Å². The van der Waals surface area contributed by atoms with Crippen LogP contribution in [0.15, 0.2) is 54.6 Å². The Kier molecular flexibility index (Phi) is 5.87. The first kappa shape index (κ1) is 20.4. The summed E-state index contributed by atoms with van der Waals surface area (Å²) < 4.78 is 5.96. The van der Waals surface area contributed by atoms with E-state index in [0.717, 1.165) is 16.9 Å². The van der Waals surface area contributed by atoms with Crippen molar-refractivity contribution in [3.05, 3.63) is 65.7 Å². The molecule has 0 aliphatic carbocycles. The maximum atomic E-state index is 12.8. The monoisotopic (exact) mass is 396 g/mol. The van der Waals surface area contributed by atoms with Crippen LogP contribution in [-0.4, -0.2) is 34.1 Å². The van der Waals surface area contributed by atoms with Gasteiger partial charge in [0.15, 0.2) is 6.23 Å². The van der Waals surface area contributed by atoms with Gasteiger partial charge in [0.2, 0.25) is 5.91 Å². The molecule has 2 N–H and O–H groups in total. The number of hydrogen-bond acceptors (Lipinski definition) is 4. The maximum Gasteiger partial charge on any atom is 0.335 e. The lowest BCUT2D eigenvalue weighted by atomic mass is 9.74. The standard InChI is InChI=1S/C22H24N2O5/c1-3-13-22(2)19(27)24(21(28)23-14-15-7-5-4-6-8-15)20(22)29-17-11-9-16(10-12-17)18(25)26/h4-12,20H,3,13-14H2,1-2H3,(H,23,28)(H,25,26)/t20-,22-/m0/s1. The Morgan fingerprint density at radius 2 is 1.79 bits per heavy atom. The van der Waals surface area contributed by atoms with Crippen LogP contribution in [0.3, 0.4) is 0 Å². The van der Waals surface area contributed by atoms with Gasteiger partial charge in [-0.15, -0.1) is 0 Å². The fourth-order valence-corrected chi connectivity index (χ4v) is 3.50. The van der Waals surface area contributed by atoms with Crippen molar-refractivity contribution in [1.82, 2.24) is 10.2 Å². The summed E-state index contributed by atoms with van der Waals surface area (Å²) in [6, 6.07) is 14.8. The molecule has 152 valence electrons. The first-order valence-electron chi connectivity index (χ1n) is 9.52. The minimum atomic E-state index is -1.03. The number of ether oxygens (including phenoxy) is 1. The number of hydrogen-bond donors (Lipinski definition) is 2. The zero-order valence-electron chi connectivity index (χ0n) is 16.4. The van der Waals surface area contributed by atoms with Crippen molar-refractivity contribution in [3.63, 3.8) is 0 Å². The number of β-lactam (4-membered cyclic amide) rings is 1. The minimum absolute atomic E-state index is 0.135. The second kappa shape index (κ2) is 8.34. The molecule has 1 fully saturated rings. The zero-order valence-corrected chi connectivity index (χ0v) is 16.4. The molecule has 0 spiro atoms. The molecule has 0 aromatic heterocycles. The van der Waals surface area contributed by atoms with Crippen LogP contribution in [0.25, 0.3) is 0 Å². The van der Waals surface area contributed by atoms with Gasteiger partial charge in [-0.3, -0.25) is 4.79 Å². The first-order chi connectivity index (χ1) is 13.9. The Bertz CT molecular complexity index is 897. The van der Waals surface area contributed by atoms with Crippen molar-refractivity contribution in [2.75, 3.05) is 0 Å². The van der Waals surface area contributed by atoms with Gasteiger partial charge in [-0.05, 0) is 43.2 Å². The van der Waals surface area contributed by atoms with E-state index in [4.69, 9.17) is 9.84 Å². The normalized spacial score (nSPS) is 20.7. The van der Waals surface area contributed by atoms with Gasteiger partial charge in [0.05, 0.1) is 5.56 Å². The molecule has 2 atom stereocenters. The van der Waals surface area contributed by atoms with Crippen LogP contribution in [0.4, 0.5) is 4.79 Å². The van der Waals surface area contributed by atoms with E-state index in [1.807, 2.05) is 37.3 Å². The molecule has 1 saturated heterocycles. The molecule has 29 heavy (non-hydrogen) atoms. The van der Waals surface area contributed by atoms with Crippen LogP contribution in [0.2, 0.25) is 0 Å². The number of imide groups is 1. The van der Waals surface area contributed by atoms with Crippen molar-refractivity contribution in [1.29, 1.82) is 0 Å². The van der Waals surface area contributed by atoms with E-state index in [1.54, 1.807) is 6.92 Å². The summed E-state index contributed by atoms with van der Waals surface area (Å²) in [4.78, 5) is 37.6. The molecule has 0 saturated carbocycles. The quantitative estimate of drug-likeness (QED) is 0.697. The largest absolute Gasteiger partial charge is 0.478 e. The zero-order chi connectivity index (χ0) is 21.0. The van der Waals surface area contributed by atoms with Crippen molar-refractivity contribution in [2.45, 2.75) is 39.5 Å². The molecule has 1 aliphatic rings. The molecule has 7 nitrogen and oxygen atoms in total. The lowest BCUT2D eigenvalue weighted by Gasteiger charge is -2.51. The second-order valence-corrected chi connectivity index (χ2v) is 7.29. The number of carboxylic acid groups (broad SMARTS) is 1. The van der Waals surface area contributed by atoms with Crippen LogP contribution in [0, 0.1) is 5.41 Å². The summed E-state index contributed by atoms with van der Waals surface area (Å²) in [7, 11) is 0. The van der Waals surface area contributed by atoms with Gasteiger partial charge in [-0.25, -0.2) is 14.5 Å². The van der Waals surface area contributed by atoms with E-state index < -0.39 is 23.6 Å². The molecule has 0 bridgehead atoms. The number of carbonyl (C=O) groups is 3. The SMILES string of the molecule is CCC[C@@]1(C)C(=O)N(C(=O)NCc2ccccc2)[C@H]1Oc1ccc(C(=O)O)cc1. The van der Waals surface area contributed by atoms with Gasteiger partial charge >= 0.3 is 12.0 Å². The Balaban J connectivity index is 1.75. The molecule has 1 aliphatic heterocycles. The highest BCUT2D eigenvalue weighted by atomic mass is 16.5. The number of likely N-dealkylation sites (tertiary alicyclic amines) is 1. The summed E-state index contributed by atoms with van der Waals surface area (Å²) in [5.74, 6) is -0.916. The molecule has 3 rings (SSSR count). The minimum Gasteiger partial charge on any atom is -0.478 e. The van der Waals surface area contributed by atoms with E-state index in [0.29, 0.717) is 18.7 Å². The Morgan fingerprint density at radius 1 is 1.14 bits per heavy atom. The van der Waals surface area contributed by atoms with E-state index in [2.05, 4.69) is 5.32 Å². The highest BCUT2D eigenvalue weighted by Crippen LogP contribution is 2.44. The Morgan fingerprint density at radius 3 is 2.38 bits per heavy atom. The summed E-state index contributed by atoms with van der Waals surface area (Å²) in [6.45, 7) is 4.06. The second-order valence-electron chi connectivity index (χ2n) is 7.29. The smallest absolute Gasteiger partial charge is 0.335 e. The van der Waals surface area contributed by atoms with E-state index in [9.17, 15) is 14.4 Å². The predicted molar refractivity (Wildman–Crippen MR) is 106 cm³/mol. The fourth-order valence-electron chi connectivity index (χ4n) is 3.50. The lowest BCUT2D eigenvalue weighted by molar-refractivity contribution is -0.187. The van der Waals surface area contributed by atoms with Crippen LogP contribution in [-0.2, 0) is 11.3 Å². The molecular weight excluding hydrogens is 372 g/mol. The average Bonchev–Trinajstić information content (AvgIpc) is 2.73. The molecule has 0 unspecified atom stereocenters. The number of carboxylic acids is 1. The molecule has 2 aromatic carbocycles. The van der Waals surface area contributed by atoms with Crippen molar-refractivity contribution in [3.8, 4) is 5.75 Å². The number of aromatic carboxylic acids is 1. The van der Waals surface area contributed by atoms with Crippen LogP contribution >= 0.6 is 0 Å². The number of nitrogens with zero attached hydrogens (tertiary/aromatic N) is 1. The van der Waals surface area contributed by atoms with Crippen molar-refractivity contribution < 1.29 is 24.2 Å². The lowest BCUT2D eigenvalue weighted by Crippen LogP contribution is -2.72. The van der Waals surface area contributed by atoms with Gasteiger partial charge in [0.1, 0.15) is 11.2 Å².